The van der Waals surface area contributed by atoms with Crippen molar-refractivity contribution < 1.29 is 33.8 Å². The highest BCUT2D eigenvalue weighted by Crippen LogP contribution is 2.69. The van der Waals surface area contributed by atoms with Crippen LogP contribution in [-0.2, 0) is 19.2 Å². The number of carbonyl (C=O) groups excluding carboxylic acids is 3. The second kappa shape index (κ2) is 12.9. The van der Waals surface area contributed by atoms with Crippen LogP contribution in [0.2, 0.25) is 0 Å². The summed E-state index contributed by atoms with van der Waals surface area (Å²) in [6.07, 6.45) is 0.684. The van der Waals surface area contributed by atoms with Crippen molar-refractivity contribution in [3.63, 3.8) is 0 Å². The van der Waals surface area contributed by atoms with Gasteiger partial charge in [0.2, 0.25) is 11.8 Å². The summed E-state index contributed by atoms with van der Waals surface area (Å²) >= 11 is 2.72. The number of ether oxygens (including phenoxy) is 2. The summed E-state index contributed by atoms with van der Waals surface area (Å²) in [7, 11) is 0. The average molecular weight is 728 g/mol. The summed E-state index contributed by atoms with van der Waals surface area (Å²) in [4.78, 5) is 70.6. The van der Waals surface area contributed by atoms with Crippen molar-refractivity contribution in [2.75, 3.05) is 18.5 Å². The molecule has 2 aliphatic carbocycles. The third kappa shape index (κ3) is 5.43. The summed E-state index contributed by atoms with van der Waals surface area (Å²) in [5.74, 6) is -3.69. The number of H-pyrrole nitrogens is 1. The number of nitrogens with one attached hydrogen (secondary N) is 2. The van der Waals surface area contributed by atoms with Crippen molar-refractivity contribution in [2.24, 2.45) is 35.5 Å². The van der Waals surface area contributed by atoms with Gasteiger partial charge in [-0.3, -0.25) is 24.1 Å². The van der Waals surface area contributed by atoms with E-state index in [1.54, 1.807) is 31.7 Å². The number of likely N-dealkylation sites (tertiary alicyclic amines) is 1. The number of hydrogen-bond acceptors (Lipinski definition) is 9. The van der Waals surface area contributed by atoms with Crippen LogP contribution in [-0.4, -0.2) is 63.2 Å². The lowest BCUT2D eigenvalue weighted by molar-refractivity contribution is -0.157. The fourth-order valence-corrected chi connectivity index (χ4v) is 12.0. The number of fused-ring (bicyclic) bond motifs is 10. The van der Waals surface area contributed by atoms with Crippen molar-refractivity contribution in [3.05, 3.63) is 80.8 Å². The van der Waals surface area contributed by atoms with E-state index in [2.05, 4.69) is 10.3 Å². The van der Waals surface area contributed by atoms with E-state index in [9.17, 15) is 29.1 Å². The van der Waals surface area contributed by atoms with Gasteiger partial charge in [0.1, 0.15) is 6.04 Å². The van der Waals surface area contributed by atoms with Crippen molar-refractivity contribution in [2.45, 2.75) is 49.4 Å². The number of aromatic amines is 1. The molecule has 3 aromatic carbocycles. The molecule has 264 valence electrons. The van der Waals surface area contributed by atoms with Gasteiger partial charge in [-0.1, -0.05) is 67.6 Å². The van der Waals surface area contributed by atoms with E-state index >= 15 is 0 Å². The smallest absolute Gasteiger partial charge is 0.327 e. The van der Waals surface area contributed by atoms with Gasteiger partial charge in [-0.25, -0.2) is 4.79 Å². The molecule has 2 saturated carbocycles. The van der Waals surface area contributed by atoms with Gasteiger partial charge in [-0.05, 0) is 66.2 Å². The number of nitrogens with zero attached hydrogens (tertiary/aromatic N) is 1. The lowest BCUT2D eigenvalue weighted by Crippen LogP contribution is -2.49. The van der Waals surface area contributed by atoms with Crippen LogP contribution in [0.5, 0.6) is 11.5 Å². The van der Waals surface area contributed by atoms with Crippen LogP contribution in [0.25, 0.3) is 10.8 Å². The minimum Gasteiger partial charge on any atom is -0.490 e. The molecule has 3 heterocycles. The van der Waals surface area contributed by atoms with Crippen molar-refractivity contribution in [1.82, 2.24) is 9.88 Å². The molecule has 3 N–H and O–H groups in total. The van der Waals surface area contributed by atoms with E-state index in [0.29, 0.717) is 30.2 Å². The molecule has 2 bridgehead atoms. The van der Waals surface area contributed by atoms with Gasteiger partial charge >= 0.3 is 10.8 Å². The Morgan fingerprint density at radius 2 is 1.73 bits per heavy atom. The number of carboxylic acids is 1. The van der Waals surface area contributed by atoms with Gasteiger partial charge in [0, 0.05) is 27.1 Å². The first kappa shape index (κ1) is 33.5. The summed E-state index contributed by atoms with van der Waals surface area (Å²) in [6.45, 7) is 5.38. The molecule has 8 rings (SSSR count). The minimum atomic E-state index is -1.21. The summed E-state index contributed by atoms with van der Waals surface area (Å²) < 4.78 is 12.1. The maximum atomic E-state index is 14.0. The maximum absolute atomic E-state index is 14.0. The summed E-state index contributed by atoms with van der Waals surface area (Å²) in [6, 6.07) is 17.9. The standard InChI is InChI=1S/C38H37N3O8S2/c1-4-48-25-14-19(12-13-24(25)49-16-26(42)39-23-11-7-9-18-8-5-6-10-20(18)23)27-28-21-15-22(32(28)50-34-33(27)51-38(47)40-34)30-29(21)35(43)41(36(30)44)31(17(2)3)37(45)46/h5-14,17,21-22,27-32H,4,15-16H2,1-3H3,(H,39,42)(H,40,47)(H,45,46)/t21?,22?,27-,28?,29?,30?,31?,32?/m1/s1. The van der Waals surface area contributed by atoms with Crippen molar-refractivity contribution in [3.8, 4) is 11.5 Å². The Bertz CT molecular complexity index is 2140. The first-order valence-electron chi connectivity index (χ1n) is 17.2. The zero-order valence-corrected chi connectivity index (χ0v) is 29.8. The number of benzene rings is 3. The fourth-order valence-electron chi connectivity index (χ4n) is 9.15. The Balaban J connectivity index is 1.09. The SMILES string of the molecule is CCOc1cc([C@H]2c3sc(=O)[nH]c3SC3C4CC(C5C(=O)N(C(C(=O)O)C(C)C)C(=O)C45)C32)ccc1OCC(=O)Nc1cccc2ccccc12. The average Bonchev–Trinajstić information content (AvgIpc) is 3.84. The predicted octanol–water partition coefficient (Wildman–Crippen LogP) is 5.59. The first-order valence-corrected chi connectivity index (χ1v) is 18.9. The molecule has 1 saturated heterocycles. The number of rotatable bonds is 10. The predicted molar refractivity (Wildman–Crippen MR) is 192 cm³/mol. The molecule has 11 nitrogen and oxygen atoms in total. The molecule has 0 radical (unpaired) electrons. The molecule has 4 aliphatic rings. The number of hydrogen-bond donors (Lipinski definition) is 3. The maximum Gasteiger partial charge on any atom is 0.327 e. The van der Waals surface area contributed by atoms with Crippen LogP contribution in [0.3, 0.4) is 0 Å². The fraction of sp³-hybridized carbons (Fsp3) is 0.395. The van der Waals surface area contributed by atoms with Crippen LogP contribution in [0.4, 0.5) is 5.69 Å². The minimum absolute atomic E-state index is 0.0535. The van der Waals surface area contributed by atoms with E-state index < -0.39 is 35.7 Å². The number of thiazole rings is 1. The highest BCUT2D eigenvalue weighted by atomic mass is 32.2. The number of aromatic nitrogens is 1. The number of imide groups is 1. The Kier molecular flexibility index (Phi) is 8.45. The molecular formula is C38H37N3O8S2. The van der Waals surface area contributed by atoms with Crippen molar-refractivity contribution >= 4 is 63.2 Å². The molecule has 13 heteroatoms. The Morgan fingerprint density at radius 1 is 0.980 bits per heavy atom. The second-order valence-electron chi connectivity index (χ2n) is 14.0. The van der Waals surface area contributed by atoms with Crippen LogP contribution in [0.15, 0.2) is 70.5 Å². The van der Waals surface area contributed by atoms with Gasteiger partial charge in [0.05, 0.1) is 23.5 Å². The van der Waals surface area contributed by atoms with E-state index in [4.69, 9.17) is 9.47 Å². The molecule has 0 spiro atoms. The van der Waals surface area contributed by atoms with E-state index in [1.165, 1.54) is 0 Å². The quantitative estimate of drug-likeness (QED) is 0.178. The third-order valence-electron chi connectivity index (χ3n) is 11.0. The van der Waals surface area contributed by atoms with E-state index in [0.717, 1.165) is 42.5 Å². The third-order valence-corrected chi connectivity index (χ3v) is 13.6. The summed E-state index contributed by atoms with van der Waals surface area (Å²) in [5.41, 5.74) is 1.57. The molecule has 4 aromatic rings. The Morgan fingerprint density at radius 3 is 2.47 bits per heavy atom. The van der Waals surface area contributed by atoms with Crippen LogP contribution in [0.1, 0.15) is 43.6 Å². The first-order chi connectivity index (χ1) is 24.6. The zero-order chi connectivity index (χ0) is 35.7. The van der Waals surface area contributed by atoms with E-state index in [-0.39, 0.29) is 52.2 Å². The zero-order valence-electron chi connectivity index (χ0n) is 28.2. The van der Waals surface area contributed by atoms with Gasteiger partial charge in [-0.15, -0.1) is 11.8 Å². The molecule has 3 fully saturated rings. The van der Waals surface area contributed by atoms with Gasteiger partial charge in [0.15, 0.2) is 18.1 Å². The molecule has 8 atom stereocenters. The number of thioether (sulfide) groups is 1. The molecule has 1 aromatic heterocycles. The second-order valence-corrected chi connectivity index (χ2v) is 16.2. The van der Waals surface area contributed by atoms with Gasteiger partial charge in [-0.2, -0.15) is 0 Å². The van der Waals surface area contributed by atoms with Crippen LogP contribution >= 0.6 is 23.1 Å². The number of aliphatic carboxylic acids is 1. The number of anilines is 1. The van der Waals surface area contributed by atoms with Crippen molar-refractivity contribution in [1.29, 1.82) is 0 Å². The van der Waals surface area contributed by atoms with E-state index in [1.807, 2.05) is 61.5 Å². The van der Waals surface area contributed by atoms with Crippen LogP contribution < -0.4 is 19.7 Å². The monoisotopic (exact) mass is 727 g/mol. The lowest BCUT2D eigenvalue weighted by Gasteiger charge is -2.43. The molecule has 7 unspecified atom stereocenters. The Labute approximate surface area is 301 Å². The molecule has 2 aliphatic heterocycles. The number of carbonyl (C=O) groups is 4. The topological polar surface area (TPSA) is 155 Å². The summed E-state index contributed by atoms with van der Waals surface area (Å²) in [5, 5.41) is 15.6. The molecule has 51 heavy (non-hydrogen) atoms. The van der Waals surface area contributed by atoms with Gasteiger partial charge < -0.3 is 24.9 Å². The highest BCUT2D eigenvalue weighted by molar-refractivity contribution is 8.00. The molecular weight excluding hydrogens is 691 g/mol. The van der Waals surface area contributed by atoms with Gasteiger partial charge in [0.25, 0.3) is 5.91 Å². The van der Waals surface area contributed by atoms with Crippen LogP contribution in [0, 0.1) is 35.5 Å². The lowest BCUT2D eigenvalue weighted by atomic mass is 9.68. The largest absolute Gasteiger partial charge is 0.490 e. The number of amides is 3. The molecule has 3 amide bonds. The highest BCUT2D eigenvalue weighted by Gasteiger charge is 2.70. The number of carboxylic acid groups (broad SMARTS) is 1. The Hall–Kier alpha value is -4.62. The normalized spacial score (nSPS) is 26.6.